The molecule has 1 aliphatic rings. The van der Waals surface area contributed by atoms with E-state index in [0.29, 0.717) is 19.4 Å². The Labute approximate surface area is 166 Å². The molecule has 3 heteroatoms. The Morgan fingerprint density at radius 1 is 0.786 bits per heavy atom. The Morgan fingerprint density at radius 2 is 1.32 bits per heavy atom. The van der Waals surface area contributed by atoms with E-state index in [0.717, 1.165) is 35.3 Å². The normalized spacial score (nSPS) is 16.6. The van der Waals surface area contributed by atoms with E-state index in [1.807, 2.05) is 72.8 Å². The van der Waals surface area contributed by atoms with Crippen LogP contribution in [0, 0.1) is 0 Å². The van der Waals surface area contributed by atoms with Crippen molar-refractivity contribution in [3.8, 4) is 11.1 Å². The SMILES string of the molecule is O=C(CN1CCC(O)(c2ccccc2)CC1)c1ccc(-c2ccccc2)cc1. The van der Waals surface area contributed by atoms with E-state index in [1.165, 1.54) is 0 Å². The van der Waals surface area contributed by atoms with Crippen molar-refractivity contribution >= 4 is 5.78 Å². The van der Waals surface area contributed by atoms with Crippen LogP contribution in [0.15, 0.2) is 84.9 Å². The number of aliphatic hydroxyl groups is 1. The number of benzene rings is 3. The summed E-state index contributed by atoms with van der Waals surface area (Å²) in [5, 5.41) is 10.9. The summed E-state index contributed by atoms with van der Waals surface area (Å²) in [5.74, 6) is 0.129. The summed E-state index contributed by atoms with van der Waals surface area (Å²) in [7, 11) is 0. The molecular weight excluding hydrogens is 346 g/mol. The first-order valence-corrected chi connectivity index (χ1v) is 9.83. The highest BCUT2D eigenvalue weighted by molar-refractivity contribution is 5.98. The molecule has 0 bridgehead atoms. The number of hydrogen-bond donors (Lipinski definition) is 1. The summed E-state index contributed by atoms with van der Waals surface area (Å²) >= 11 is 0. The highest BCUT2D eigenvalue weighted by Gasteiger charge is 2.34. The lowest BCUT2D eigenvalue weighted by Gasteiger charge is -2.38. The maximum absolute atomic E-state index is 12.7. The van der Waals surface area contributed by atoms with Gasteiger partial charge < -0.3 is 5.11 Å². The molecule has 1 heterocycles. The van der Waals surface area contributed by atoms with Gasteiger partial charge >= 0.3 is 0 Å². The van der Waals surface area contributed by atoms with Crippen LogP contribution in [0.5, 0.6) is 0 Å². The summed E-state index contributed by atoms with van der Waals surface area (Å²) in [6, 6.07) is 27.8. The molecule has 3 aromatic carbocycles. The van der Waals surface area contributed by atoms with Crippen LogP contribution >= 0.6 is 0 Å². The fourth-order valence-corrected chi connectivity index (χ4v) is 3.89. The minimum absolute atomic E-state index is 0.129. The van der Waals surface area contributed by atoms with E-state index in [1.54, 1.807) is 0 Å². The van der Waals surface area contributed by atoms with E-state index < -0.39 is 5.60 Å². The van der Waals surface area contributed by atoms with Crippen molar-refractivity contribution in [1.82, 2.24) is 4.90 Å². The van der Waals surface area contributed by atoms with Crippen molar-refractivity contribution in [1.29, 1.82) is 0 Å². The number of Topliss-reactive ketones (excluding diaryl/α,β-unsaturated/α-hetero) is 1. The summed E-state index contributed by atoms with van der Waals surface area (Å²) in [6.45, 7) is 1.84. The molecule has 28 heavy (non-hydrogen) atoms. The quantitative estimate of drug-likeness (QED) is 0.671. The molecule has 0 atom stereocenters. The number of ketones is 1. The lowest BCUT2D eigenvalue weighted by Crippen LogP contribution is -2.44. The molecular formula is C25H25NO2. The van der Waals surface area contributed by atoms with Crippen molar-refractivity contribution in [2.24, 2.45) is 0 Å². The zero-order valence-corrected chi connectivity index (χ0v) is 15.9. The van der Waals surface area contributed by atoms with E-state index in [9.17, 15) is 9.90 Å². The summed E-state index contributed by atoms with van der Waals surface area (Å²) in [5.41, 5.74) is 3.19. The first kappa shape index (κ1) is 18.6. The number of likely N-dealkylation sites (tertiary alicyclic amines) is 1. The van der Waals surface area contributed by atoms with Crippen LogP contribution in [0.3, 0.4) is 0 Å². The van der Waals surface area contributed by atoms with Gasteiger partial charge in [-0.2, -0.15) is 0 Å². The Kier molecular flexibility index (Phi) is 5.38. The Balaban J connectivity index is 1.36. The molecule has 0 spiro atoms. The van der Waals surface area contributed by atoms with E-state index in [2.05, 4.69) is 17.0 Å². The summed E-state index contributed by atoms with van der Waals surface area (Å²) in [4.78, 5) is 14.8. The predicted octanol–water partition coefficient (Wildman–Crippen LogP) is 4.52. The maximum atomic E-state index is 12.7. The zero-order valence-electron chi connectivity index (χ0n) is 15.9. The molecule has 142 valence electrons. The van der Waals surface area contributed by atoms with Crippen LogP contribution in [-0.4, -0.2) is 35.4 Å². The van der Waals surface area contributed by atoms with Gasteiger partial charge in [0.1, 0.15) is 0 Å². The first-order chi connectivity index (χ1) is 13.6. The monoisotopic (exact) mass is 371 g/mol. The zero-order chi connectivity index (χ0) is 19.4. The van der Waals surface area contributed by atoms with Gasteiger partial charge in [0.25, 0.3) is 0 Å². The molecule has 3 nitrogen and oxygen atoms in total. The first-order valence-electron chi connectivity index (χ1n) is 9.83. The molecule has 0 amide bonds. The highest BCUT2D eigenvalue weighted by atomic mass is 16.3. The fourth-order valence-electron chi connectivity index (χ4n) is 3.89. The molecule has 0 saturated carbocycles. The Bertz CT molecular complexity index is 912. The lowest BCUT2D eigenvalue weighted by atomic mass is 9.84. The van der Waals surface area contributed by atoms with Gasteiger partial charge in [-0.15, -0.1) is 0 Å². The Morgan fingerprint density at radius 3 is 1.93 bits per heavy atom. The standard InChI is InChI=1S/C25H25NO2/c27-24(22-13-11-21(12-14-22)20-7-3-1-4-8-20)19-26-17-15-25(28,16-18-26)23-9-5-2-6-10-23/h1-14,28H,15-19H2. The maximum Gasteiger partial charge on any atom is 0.176 e. The predicted molar refractivity (Wildman–Crippen MR) is 112 cm³/mol. The Hall–Kier alpha value is -2.75. The molecule has 1 N–H and O–H groups in total. The number of hydrogen-bond acceptors (Lipinski definition) is 3. The molecule has 1 aliphatic heterocycles. The third-order valence-electron chi connectivity index (χ3n) is 5.68. The number of carbonyl (C=O) groups is 1. The van der Waals surface area contributed by atoms with Crippen LogP contribution in [0.2, 0.25) is 0 Å². The summed E-state index contributed by atoms with van der Waals surface area (Å²) in [6.07, 6.45) is 1.30. The number of rotatable bonds is 5. The average molecular weight is 371 g/mol. The van der Waals surface area contributed by atoms with Gasteiger partial charge in [0.05, 0.1) is 12.1 Å². The van der Waals surface area contributed by atoms with E-state index in [-0.39, 0.29) is 5.78 Å². The van der Waals surface area contributed by atoms with Gasteiger partial charge in [-0.3, -0.25) is 9.69 Å². The lowest BCUT2D eigenvalue weighted by molar-refractivity contribution is -0.0245. The third-order valence-corrected chi connectivity index (χ3v) is 5.68. The van der Waals surface area contributed by atoms with Crippen LogP contribution in [0.1, 0.15) is 28.8 Å². The molecule has 4 rings (SSSR count). The van der Waals surface area contributed by atoms with Crippen LogP contribution in [-0.2, 0) is 5.60 Å². The number of nitrogens with zero attached hydrogens (tertiary/aromatic N) is 1. The number of carbonyl (C=O) groups excluding carboxylic acids is 1. The van der Waals surface area contributed by atoms with Gasteiger partial charge in [-0.1, -0.05) is 84.9 Å². The topological polar surface area (TPSA) is 40.5 Å². The largest absolute Gasteiger partial charge is 0.385 e. The van der Waals surface area contributed by atoms with Crippen LogP contribution < -0.4 is 0 Å². The summed E-state index contributed by atoms with van der Waals surface area (Å²) < 4.78 is 0. The van der Waals surface area contributed by atoms with Crippen molar-refractivity contribution in [2.45, 2.75) is 18.4 Å². The van der Waals surface area contributed by atoms with Gasteiger partial charge in [-0.05, 0) is 29.5 Å². The molecule has 0 aliphatic carbocycles. The highest BCUT2D eigenvalue weighted by Crippen LogP contribution is 2.32. The van der Waals surface area contributed by atoms with Crippen LogP contribution in [0.4, 0.5) is 0 Å². The second-order valence-electron chi connectivity index (χ2n) is 7.54. The molecule has 1 fully saturated rings. The molecule has 3 aromatic rings. The molecule has 0 radical (unpaired) electrons. The van der Waals surface area contributed by atoms with Gasteiger partial charge in [-0.25, -0.2) is 0 Å². The fraction of sp³-hybridized carbons (Fsp3) is 0.240. The van der Waals surface area contributed by atoms with Crippen LogP contribution in [0.25, 0.3) is 11.1 Å². The van der Waals surface area contributed by atoms with E-state index >= 15 is 0 Å². The molecule has 1 saturated heterocycles. The average Bonchev–Trinajstić information content (AvgIpc) is 2.77. The molecule has 0 unspecified atom stereocenters. The van der Waals surface area contributed by atoms with Crippen molar-refractivity contribution < 1.29 is 9.90 Å². The van der Waals surface area contributed by atoms with E-state index in [4.69, 9.17) is 0 Å². The smallest absolute Gasteiger partial charge is 0.176 e. The second-order valence-corrected chi connectivity index (χ2v) is 7.54. The number of piperidine rings is 1. The minimum atomic E-state index is -0.780. The van der Waals surface area contributed by atoms with Crippen molar-refractivity contribution in [3.63, 3.8) is 0 Å². The minimum Gasteiger partial charge on any atom is -0.385 e. The van der Waals surface area contributed by atoms with Gasteiger partial charge in [0.2, 0.25) is 0 Å². The van der Waals surface area contributed by atoms with Crippen molar-refractivity contribution in [2.75, 3.05) is 19.6 Å². The second kappa shape index (κ2) is 8.09. The third kappa shape index (κ3) is 4.06. The van der Waals surface area contributed by atoms with Crippen molar-refractivity contribution in [3.05, 3.63) is 96.1 Å². The van der Waals surface area contributed by atoms with Gasteiger partial charge in [0, 0.05) is 18.7 Å². The molecule has 0 aromatic heterocycles. The van der Waals surface area contributed by atoms with Gasteiger partial charge in [0.15, 0.2) is 5.78 Å².